The second-order valence-electron chi connectivity index (χ2n) is 9.05. The molecule has 3 aliphatic rings. The third-order valence-electron chi connectivity index (χ3n) is 6.46. The standard InChI is InChI=1S/C20H35NO15/c1-5-10(25)13(28)14(29)19(32-5)36-17-12(27)8(4-23)34-20(15(17)30)35-16-9(21-6(2)24)18(31)33-7(3-22)11(16)26/h5,7-20,22-23,25-31H,3-4H2,1-2H3,(H,21,24)/t5-,7+,8+,9+,10+,11+,12-,13+,14-,15+,16+,17-,18?,19-,20-/m0/s1. The molecule has 3 rings (SSSR count). The quantitative estimate of drug-likeness (QED) is 0.147. The van der Waals surface area contributed by atoms with Crippen molar-refractivity contribution in [2.45, 2.75) is 106 Å². The van der Waals surface area contributed by atoms with Gasteiger partial charge in [0, 0.05) is 6.92 Å². The fraction of sp³-hybridized carbons (Fsp3) is 0.950. The second kappa shape index (κ2) is 12.2. The largest absolute Gasteiger partial charge is 0.394 e. The highest BCUT2D eigenvalue weighted by atomic mass is 16.7. The minimum Gasteiger partial charge on any atom is -0.394 e. The third kappa shape index (κ3) is 5.97. The Hall–Kier alpha value is -1.09. The zero-order chi connectivity index (χ0) is 26.9. The number of carbonyl (C=O) groups excluding carboxylic acids is 1. The molecule has 15 atom stereocenters. The van der Waals surface area contributed by atoms with Gasteiger partial charge in [-0.3, -0.25) is 4.79 Å². The molecular weight excluding hydrogens is 494 g/mol. The predicted octanol–water partition coefficient (Wildman–Crippen LogP) is -6.40. The van der Waals surface area contributed by atoms with Crippen molar-refractivity contribution in [1.29, 1.82) is 0 Å². The molecule has 16 nitrogen and oxygen atoms in total. The van der Waals surface area contributed by atoms with E-state index in [1.54, 1.807) is 0 Å². The van der Waals surface area contributed by atoms with Gasteiger partial charge in [-0.25, -0.2) is 0 Å². The number of aliphatic hydroxyl groups is 9. The molecule has 3 heterocycles. The average Bonchev–Trinajstić information content (AvgIpc) is 2.83. The number of hydrogen-bond acceptors (Lipinski definition) is 15. The first kappa shape index (κ1) is 29.5. The molecule has 0 aromatic carbocycles. The molecule has 0 aromatic rings. The van der Waals surface area contributed by atoms with Gasteiger partial charge in [0.2, 0.25) is 5.91 Å². The van der Waals surface area contributed by atoms with Crippen LogP contribution in [0.3, 0.4) is 0 Å². The van der Waals surface area contributed by atoms with Gasteiger partial charge in [0.1, 0.15) is 67.1 Å². The lowest BCUT2D eigenvalue weighted by molar-refractivity contribution is -0.371. The van der Waals surface area contributed by atoms with Crippen LogP contribution in [0.25, 0.3) is 0 Å². The Morgan fingerprint density at radius 1 is 0.722 bits per heavy atom. The van der Waals surface area contributed by atoms with Crippen LogP contribution in [-0.2, 0) is 28.5 Å². The number of aliphatic hydroxyl groups excluding tert-OH is 9. The number of ether oxygens (including phenoxy) is 5. The molecule has 10 N–H and O–H groups in total. The Labute approximate surface area is 205 Å². The Morgan fingerprint density at radius 2 is 1.25 bits per heavy atom. The van der Waals surface area contributed by atoms with E-state index in [1.807, 2.05) is 0 Å². The summed E-state index contributed by atoms with van der Waals surface area (Å²) in [5.41, 5.74) is 0. The minimum absolute atomic E-state index is 0.626. The van der Waals surface area contributed by atoms with Gasteiger partial charge in [-0.15, -0.1) is 0 Å². The van der Waals surface area contributed by atoms with Crippen molar-refractivity contribution < 1.29 is 74.4 Å². The molecule has 0 aliphatic carbocycles. The van der Waals surface area contributed by atoms with E-state index in [1.165, 1.54) is 6.92 Å². The Morgan fingerprint density at radius 3 is 1.83 bits per heavy atom. The molecule has 16 heteroatoms. The van der Waals surface area contributed by atoms with E-state index < -0.39 is 111 Å². The molecule has 36 heavy (non-hydrogen) atoms. The van der Waals surface area contributed by atoms with E-state index in [9.17, 15) is 50.8 Å². The van der Waals surface area contributed by atoms with E-state index in [0.29, 0.717) is 0 Å². The smallest absolute Gasteiger partial charge is 0.217 e. The molecule has 0 aromatic heterocycles. The number of nitrogens with one attached hydrogen (secondary N) is 1. The van der Waals surface area contributed by atoms with E-state index >= 15 is 0 Å². The van der Waals surface area contributed by atoms with Crippen LogP contribution >= 0.6 is 0 Å². The summed E-state index contributed by atoms with van der Waals surface area (Å²) in [6.45, 7) is 1.01. The van der Waals surface area contributed by atoms with Gasteiger partial charge in [-0.2, -0.15) is 0 Å². The molecule has 0 spiro atoms. The van der Waals surface area contributed by atoms with E-state index in [2.05, 4.69) is 5.32 Å². The summed E-state index contributed by atoms with van der Waals surface area (Å²) >= 11 is 0. The first-order valence-electron chi connectivity index (χ1n) is 11.4. The van der Waals surface area contributed by atoms with Crippen LogP contribution in [0.15, 0.2) is 0 Å². The molecule has 3 aliphatic heterocycles. The van der Waals surface area contributed by atoms with Gasteiger partial charge in [-0.05, 0) is 6.92 Å². The fourth-order valence-corrected chi connectivity index (χ4v) is 4.40. The zero-order valence-corrected chi connectivity index (χ0v) is 19.5. The van der Waals surface area contributed by atoms with Crippen LogP contribution in [0, 0.1) is 0 Å². The normalized spacial score (nSPS) is 50.0. The van der Waals surface area contributed by atoms with Gasteiger partial charge in [0.05, 0.1) is 19.3 Å². The Kier molecular flexibility index (Phi) is 9.97. The predicted molar refractivity (Wildman–Crippen MR) is 111 cm³/mol. The lowest BCUT2D eigenvalue weighted by Crippen LogP contribution is -2.68. The summed E-state index contributed by atoms with van der Waals surface area (Å²) < 4.78 is 27.1. The van der Waals surface area contributed by atoms with Crippen molar-refractivity contribution in [3.8, 4) is 0 Å². The molecular formula is C20H35NO15. The average molecular weight is 529 g/mol. The summed E-state index contributed by atoms with van der Waals surface area (Å²) in [5, 5.41) is 94.0. The fourth-order valence-electron chi connectivity index (χ4n) is 4.40. The number of carbonyl (C=O) groups is 1. The SMILES string of the molecule is CC(=O)N[C@H]1C(O)O[C@H](CO)[C@@H](O)[C@@H]1O[C@@H]1O[C@H](CO)[C@H](O)[C@H](O[C@@H]2O[C@@H](C)[C@@H](O)[C@@H](O)[C@@H]2O)[C@H]1O. The van der Waals surface area contributed by atoms with Gasteiger partial charge in [0.25, 0.3) is 0 Å². The molecule has 0 saturated carbocycles. The van der Waals surface area contributed by atoms with E-state index in [-0.39, 0.29) is 0 Å². The van der Waals surface area contributed by atoms with Crippen molar-refractivity contribution in [3.05, 3.63) is 0 Å². The molecule has 1 amide bonds. The second-order valence-corrected chi connectivity index (χ2v) is 9.05. The Balaban J connectivity index is 1.82. The van der Waals surface area contributed by atoms with Crippen LogP contribution in [0.5, 0.6) is 0 Å². The topological polar surface area (TPSA) is 257 Å². The van der Waals surface area contributed by atoms with Crippen molar-refractivity contribution >= 4 is 5.91 Å². The highest BCUT2D eigenvalue weighted by Gasteiger charge is 2.53. The van der Waals surface area contributed by atoms with Crippen molar-refractivity contribution in [3.63, 3.8) is 0 Å². The molecule has 1 unspecified atom stereocenters. The van der Waals surface area contributed by atoms with Crippen molar-refractivity contribution in [2.75, 3.05) is 13.2 Å². The highest BCUT2D eigenvalue weighted by Crippen LogP contribution is 2.32. The maximum absolute atomic E-state index is 11.6. The monoisotopic (exact) mass is 529 g/mol. The summed E-state index contributed by atoms with van der Waals surface area (Å²) in [6, 6.07) is -1.38. The van der Waals surface area contributed by atoms with Crippen molar-refractivity contribution in [2.24, 2.45) is 0 Å². The van der Waals surface area contributed by atoms with Gasteiger partial charge in [0.15, 0.2) is 18.9 Å². The molecule has 3 saturated heterocycles. The summed E-state index contributed by atoms with van der Waals surface area (Å²) in [6.07, 6.45) is -22.1. The highest BCUT2D eigenvalue weighted by molar-refractivity contribution is 5.73. The summed E-state index contributed by atoms with van der Waals surface area (Å²) in [5.74, 6) is -0.626. The number of hydrogen-bond donors (Lipinski definition) is 10. The van der Waals surface area contributed by atoms with Gasteiger partial charge in [-0.1, -0.05) is 0 Å². The summed E-state index contributed by atoms with van der Waals surface area (Å²) in [4.78, 5) is 11.6. The van der Waals surface area contributed by atoms with Crippen LogP contribution in [-0.4, -0.2) is 157 Å². The maximum Gasteiger partial charge on any atom is 0.217 e. The zero-order valence-electron chi connectivity index (χ0n) is 19.5. The van der Waals surface area contributed by atoms with Crippen molar-refractivity contribution in [1.82, 2.24) is 5.32 Å². The minimum atomic E-state index is -1.87. The van der Waals surface area contributed by atoms with E-state index in [4.69, 9.17) is 23.7 Å². The van der Waals surface area contributed by atoms with Crippen LogP contribution in [0.4, 0.5) is 0 Å². The Bertz CT molecular complexity index is 731. The lowest BCUT2D eigenvalue weighted by Gasteiger charge is -2.48. The maximum atomic E-state index is 11.6. The van der Waals surface area contributed by atoms with Crippen LogP contribution in [0.2, 0.25) is 0 Å². The van der Waals surface area contributed by atoms with Crippen LogP contribution in [0.1, 0.15) is 13.8 Å². The molecule has 0 bridgehead atoms. The van der Waals surface area contributed by atoms with E-state index in [0.717, 1.165) is 6.92 Å². The van der Waals surface area contributed by atoms with Gasteiger partial charge >= 0.3 is 0 Å². The number of amides is 1. The van der Waals surface area contributed by atoms with Gasteiger partial charge < -0.3 is 75.0 Å². The number of rotatable bonds is 7. The van der Waals surface area contributed by atoms with Crippen LogP contribution < -0.4 is 5.32 Å². The third-order valence-corrected chi connectivity index (χ3v) is 6.46. The first-order valence-corrected chi connectivity index (χ1v) is 11.4. The first-order chi connectivity index (χ1) is 16.9. The molecule has 3 fully saturated rings. The molecule has 210 valence electrons. The summed E-state index contributed by atoms with van der Waals surface area (Å²) in [7, 11) is 0. The lowest BCUT2D eigenvalue weighted by atomic mass is 9.95. The molecule has 0 radical (unpaired) electrons.